The van der Waals surface area contributed by atoms with Gasteiger partial charge in [-0.15, -0.1) is 0 Å². The molecule has 2 rings (SSSR count). The summed E-state index contributed by atoms with van der Waals surface area (Å²) in [6, 6.07) is 7.69. The van der Waals surface area contributed by atoms with Crippen LogP contribution in [0.2, 0.25) is 0 Å². The molecule has 1 saturated heterocycles. The number of carbonyl (C=O) groups is 1. The minimum absolute atomic E-state index is 0.0398. The Morgan fingerprint density at radius 3 is 2.75 bits per heavy atom. The lowest BCUT2D eigenvalue weighted by Crippen LogP contribution is -2.35. The monoisotopic (exact) mass is 277 g/mol. The van der Waals surface area contributed by atoms with Gasteiger partial charge in [0.15, 0.2) is 0 Å². The number of nitrogens with one attached hydrogen (secondary N) is 2. The van der Waals surface area contributed by atoms with Crippen LogP contribution in [-0.4, -0.2) is 43.3 Å². The predicted molar refractivity (Wildman–Crippen MR) is 81.1 cm³/mol. The van der Waals surface area contributed by atoms with E-state index in [2.05, 4.69) is 22.5 Å². The van der Waals surface area contributed by atoms with Gasteiger partial charge in [-0.25, -0.2) is 0 Å². The number of benzene rings is 1. The Kier molecular flexibility index (Phi) is 5.38. The van der Waals surface area contributed by atoms with Gasteiger partial charge >= 0.3 is 0 Å². The molecule has 0 aromatic heterocycles. The molecule has 1 aromatic carbocycles. The van der Waals surface area contributed by atoms with Crippen LogP contribution in [0.4, 0.5) is 11.4 Å². The molecule has 5 nitrogen and oxygen atoms in total. The maximum atomic E-state index is 12.0. The third-order valence-electron chi connectivity index (χ3n) is 3.63. The lowest BCUT2D eigenvalue weighted by atomic mass is 10.2. The average molecular weight is 277 g/mol. The normalized spacial score (nSPS) is 18.0. The first-order valence-corrected chi connectivity index (χ1v) is 7.24. The molecule has 0 unspecified atom stereocenters. The maximum Gasteiger partial charge on any atom is 0.241 e. The molecule has 1 atom stereocenters. The molecular formula is C15H23N3O2. The number of carbonyl (C=O) groups excluding carboxylic acids is 1. The molecule has 1 amide bonds. The van der Waals surface area contributed by atoms with Crippen LogP contribution in [0.25, 0.3) is 0 Å². The molecule has 110 valence electrons. The van der Waals surface area contributed by atoms with Gasteiger partial charge in [-0.3, -0.25) is 4.79 Å². The van der Waals surface area contributed by atoms with Gasteiger partial charge in [-0.2, -0.15) is 0 Å². The Morgan fingerprint density at radius 1 is 1.45 bits per heavy atom. The molecule has 0 radical (unpaired) electrons. The molecule has 0 bridgehead atoms. The average Bonchev–Trinajstić information content (AvgIpc) is 3.00. The molecule has 20 heavy (non-hydrogen) atoms. The van der Waals surface area contributed by atoms with Gasteiger partial charge in [0.05, 0.1) is 12.6 Å². The van der Waals surface area contributed by atoms with Gasteiger partial charge in [0.1, 0.15) is 0 Å². The summed E-state index contributed by atoms with van der Waals surface area (Å²) in [4.78, 5) is 14.1. The fraction of sp³-hybridized carbons (Fsp3) is 0.533. The van der Waals surface area contributed by atoms with Crippen LogP contribution in [0, 0.1) is 0 Å². The fourth-order valence-corrected chi connectivity index (χ4v) is 2.48. The number of aliphatic hydroxyl groups is 1. The van der Waals surface area contributed by atoms with E-state index in [9.17, 15) is 4.79 Å². The molecule has 0 saturated carbocycles. The highest BCUT2D eigenvalue weighted by Gasteiger charge is 2.21. The zero-order chi connectivity index (χ0) is 14.4. The van der Waals surface area contributed by atoms with Crippen LogP contribution >= 0.6 is 0 Å². The van der Waals surface area contributed by atoms with Crippen LogP contribution in [0.3, 0.4) is 0 Å². The number of anilines is 2. The van der Waals surface area contributed by atoms with Crippen LogP contribution in [-0.2, 0) is 4.79 Å². The van der Waals surface area contributed by atoms with Crippen molar-refractivity contribution in [3.63, 3.8) is 0 Å². The van der Waals surface area contributed by atoms with Crippen molar-refractivity contribution in [1.82, 2.24) is 5.32 Å². The standard InChI is InChI=1S/C15H23N3O2/c1-2-18(10-11-19)13-7-5-12(6-8-13)17-15(20)14-4-3-9-16-14/h5-8,14,16,19H,2-4,9-11H2,1H3,(H,17,20)/t14-/m0/s1. The van der Waals surface area contributed by atoms with Crippen molar-refractivity contribution < 1.29 is 9.90 Å². The van der Waals surface area contributed by atoms with Gasteiger partial charge in [-0.05, 0) is 50.6 Å². The molecule has 1 aromatic rings. The van der Waals surface area contributed by atoms with Crippen molar-refractivity contribution in [2.24, 2.45) is 0 Å². The molecule has 1 fully saturated rings. The van der Waals surface area contributed by atoms with Crippen molar-refractivity contribution in [2.75, 3.05) is 36.5 Å². The number of nitrogens with zero attached hydrogens (tertiary/aromatic N) is 1. The predicted octanol–water partition coefficient (Wildman–Crippen LogP) is 1.20. The zero-order valence-corrected chi connectivity index (χ0v) is 11.9. The Labute approximate surface area is 120 Å². The lowest BCUT2D eigenvalue weighted by molar-refractivity contribution is -0.117. The van der Waals surface area contributed by atoms with E-state index < -0.39 is 0 Å². The fourth-order valence-electron chi connectivity index (χ4n) is 2.48. The molecule has 5 heteroatoms. The lowest BCUT2D eigenvalue weighted by Gasteiger charge is -2.22. The Hall–Kier alpha value is -1.59. The van der Waals surface area contributed by atoms with E-state index in [1.165, 1.54) is 0 Å². The molecule has 1 aliphatic heterocycles. The molecule has 3 N–H and O–H groups in total. The van der Waals surface area contributed by atoms with Crippen LogP contribution in [0.15, 0.2) is 24.3 Å². The number of likely N-dealkylation sites (N-methyl/N-ethyl adjacent to an activating group) is 1. The largest absolute Gasteiger partial charge is 0.395 e. The minimum Gasteiger partial charge on any atom is -0.395 e. The summed E-state index contributed by atoms with van der Waals surface area (Å²) in [6.45, 7) is 4.58. The summed E-state index contributed by atoms with van der Waals surface area (Å²) in [5.74, 6) is 0.0398. The third-order valence-corrected chi connectivity index (χ3v) is 3.63. The third kappa shape index (κ3) is 3.71. The van der Waals surface area contributed by atoms with Crippen LogP contribution < -0.4 is 15.5 Å². The summed E-state index contributed by atoms with van der Waals surface area (Å²) >= 11 is 0. The Morgan fingerprint density at radius 2 is 2.20 bits per heavy atom. The highest BCUT2D eigenvalue weighted by Crippen LogP contribution is 2.18. The summed E-state index contributed by atoms with van der Waals surface area (Å²) < 4.78 is 0. The van der Waals surface area contributed by atoms with Gasteiger partial charge in [0, 0.05) is 24.5 Å². The van der Waals surface area contributed by atoms with Crippen molar-refractivity contribution in [3.8, 4) is 0 Å². The van der Waals surface area contributed by atoms with Gasteiger partial charge in [0.25, 0.3) is 0 Å². The highest BCUT2D eigenvalue weighted by molar-refractivity contribution is 5.95. The molecule has 1 aliphatic rings. The first-order valence-electron chi connectivity index (χ1n) is 7.24. The van der Waals surface area contributed by atoms with Gasteiger partial charge in [-0.1, -0.05) is 0 Å². The number of amides is 1. The van der Waals surface area contributed by atoms with E-state index in [0.717, 1.165) is 37.3 Å². The summed E-state index contributed by atoms with van der Waals surface area (Å²) in [7, 11) is 0. The van der Waals surface area contributed by atoms with Gasteiger partial charge < -0.3 is 20.6 Å². The van der Waals surface area contributed by atoms with Gasteiger partial charge in [0.2, 0.25) is 5.91 Å². The quantitative estimate of drug-likeness (QED) is 0.731. The summed E-state index contributed by atoms with van der Waals surface area (Å²) in [5.41, 5.74) is 1.87. The van der Waals surface area contributed by atoms with Crippen molar-refractivity contribution in [1.29, 1.82) is 0 Å². The Balaban J connectivity index is 1.95. The zero-order valence-electron chi connectivity index (χ0n) is 11.9. The van der Waals surface area contributed by atoms with E-state index in [0.29, 0.717) is 6.54 Å². The number of hydrogen-bond acceptors (Lipinski definition) is 4. The van der Waals surface area contributed by atoms with E-state index in [1.807, 2.05) is 24.3 Å². The topological polar surface area (TPSA) is 64.6 Å². The smallest absolute Gasteiger partial charge is 0.241 e. The summed E-state index contributed by atoms with van der Waals surface area (Å²) in [5, 5.41) is 15.1. The van der Waals surface area contributed by atoms with Crippen molar-refractivity contribution in [2.45, 2.75) is 25.8 Å². The Bertz CT molecular complexity index is 427. The second-order valence-electron chi connectivity index (χ2n) is 4.99. The van der Waals surface area contributed by atoms with E-state index in [-0.39, 0.29) is 18.6 Å². The van der Waals surface area contributed by atoms with E-state index in [4.69, 9.17) is 5.11 Å². The van der Waals surface area contributed by atoms with Crippen LogP contribution in [0.1, 0.15) is 19.8 Å². The SMILES string of the molecule is CCN(CCO)c1ccc(NC(=O)[C@@H]2CCCN2)cc1. The summed E-state index contributed by atoms with van der Waals surface area (Å²) in [6.07, 6.45) is 1.97. The highest BCUT2D eigenvalue weighted by atomic mass is 16.3. The first-order chi connectivity index (χ1) is 9.74. The number of hydrogen-bond donors (Lipinski definition) is 3. The minimum atomic E-state index is -0.0591. The number of rotatable bonds is 6. The molecule has 0 spiro atoms. The first kappa shape index (κ1) is 14.8. The molecule has 0 aliphatic carbocycles. The number of aliphatic hydroxyl groups excluding tert-OH is 1. The van der Waals surface area contributed by atoms with E-state index in [1.54, 1.807) is 0 Å². The van der Waals surface area contributed by atoms with Crippen molar-refractivity contribution >= 4 is 17.3 Å². The second kappa shape index (κ2) is 7.26. The second-order valence-corrected chi connectivity index (χ2v) is 4.99. The molecule has 1 heterocycles. The van der Waals surface area contributed by atoms with Crippen LogP contribution in [0.5, 0.6) is 0 Å². The maximum absolute atomic E-state index is 12.0. The molecular weight excluding hydrogens is 254 g/mol. The van der Waals surface area contributed by atoms with E-state index >= 15 is 0 Å². The van der Waals surface area contributed by atoms with Crippen molar-refractivity contribution in [3.05, 3.63) is 24.3 Å².